The number of carboxylic acids is 2. The molecule has 0 saturated heterocycles. The van der Waals surface area contributed by atoms with Crippen LogP contribution in [0.15, 0.2) is 89.8 Å². The van der Waals surface area contributed by atoms with E-state index in [-0.39, 0.29) is 0 Å². The monoisotopic (exact) mass is 520 g/mol. The SMILES string of the molecule is O=C(O)C(=O)O.O=S1(=O)c2ccccc2-c2ccccc2N1CCCN1CC=C(c2ccccc2)CC1. The lowest BCUT2D eigenvalue weighted by Crippen LogP contribution is -2.37. The fourth-order valence-electron chi connectivity index (χ4n) is 4.59. The Kier molecular flexibility index (Phi) is 8.05. The minimum Gasteiger partial charge on any atom is -0.473 e. The van der Waals surface area contributed by atoms with Gasteiger partial charge in [0.15, 0.2) is 0 Å². The van der Waals surface area contributed by atoms with Crippen LogP contribution in [-0.2, 0) is 19.6 Å². The van der Waals surface area contributed by atoms with Gasteiger partial charge in [-0.25, -0.2) is 18.0 Å². The average molecular weight is 521 g/mol. The third-order valence-electron chi connectivity index (χ3n) is 6.37. The van der Waals surface area contributed by atoms with Crippen LogP contribution >= 0.6 is 0 Å². The second kappa shape index (κ2) is 11.4. The minimum absolute atomic E-state index is 0.405. The summed E-state index contributed by atoms with van der Waals surface area (Å²) in [5.74, 6) is -3.65. The fourth-order valence-corrected chi connectivity index (χ4v) is 6.32. The summed E-state index contributed by atoms with van der Waals surface area (Å²) in [6.45, 7) is 3.29. The molecule has 0 bridgehead atoms. The van der Waals surface area contributed by atoms with E-state index in [4.69, 9.17) is 19.8 Å². The topological polar surface area (TPSA) is 115 Å². The first-order chi connectivity index (χ1) is 17.8. The first-order valence-electron chi connectivity index (χ1n) is 11.9. The van der Waals surface area contributed by atoms with Crippen molar-refractivity contribution in [3.63, 3.8) is 0 Å². The van der Waals surface area contributed by atoms with Gasteiger partial charge in [-0.05, 0) is 36.1 Å². The number of hydrogen-bond acceptors (Lipinski definition) is 5. The van der Waals surface area contributed by atoms with Crippen LogP contribution in [0.1, 0.15) is 18.4 Å². The number of fused-ring (bicyclic) bond motifs is 3. The number of hydrogen-bond donors (Lipinski definition) is 2. The molecule has 0 atom stereocenters. The van der Waals surface area contributed by atoms with E-state index in [0.29, 0.717) is 11.4 Å². The van der Waals surface area contributed by atoms with Crippen LogP contribution in [0.5, 0.6) is 0 Å². The first-order valence-corrected chi connectivity index (χ1v) is 13.4. The van der Waals surface area contributed by atoms with Crippen LogP contribution in [0, 0.1) is 0 Å². The van der Waals surface area contributed by atoms with Crippen LogP contribution in [0.4, 0.5) is 5.69 Å². The van der Waals surface area contributed by atoms with Crippen LogP contribution < -0.4 is 4.31 Å². The number of aliphatic carboxylic acids is 2. The number of carbonyl (C=O) groups is 2. The van der Waals surface area contributed by atoms with E-state index in [1.165, 1.54) is 11.1 Å². The molecule has 0 unspecified atom stereocenters. The van der Waals surface area contributed by atoms with E-state index in [2.05, 4.69) is 35.2 Å². The van der Waals surface area contributed by atoms with Crippen molar-refractivity contribution in [3.05, 3.63) is 90.5 Å². The zero-order valence-electron chi connectivity index (χ0n) is 20.2. The summed E-state index contributed by atoms with van der Waals surface area (Å²) < 4.78 is 28.3. The van der Waals surface area contributed by atoms with Crippen molar-refractivity contribution in [2.75, 3.05) is 30.5 Å². The highest BCUT2D eigenvalue weighted by molar-refractivity contribution is 7.93. The van der Waals surface area contributed by atoms with Gasteiger partial charge in [-0.15, -0.1) is 0 Å². The Morgan fingerprint density at radius 2 is 1.41 bits per heavy atom. The van der Waals surface area contributed by atoms with E-state index < -0.39 is 22.0 Å². The number of benzene rings is 3. The molecular formula is C28H28N2O6S. The molecular weight excluding hydrogens is 492 g/mol. The fraction of sp³-hybridized carbons (Fsp3) is 0.214. The minimum atomic E-state index is -3.54. The molecule has 5 rings (SSSR count). The molecule has 37 heavy (non-hydrogen) atoms. The highest BCUT2D eigenvalue weighted by Gasteiger charge is 2.34. The lowest BCUT2D eigenvalue weighted by atomic mass is 9.99. The van der Waals surface area contributed by atoms with Gasteiger partial charge in [-0.3, -0.25) is 9.21 Å². The van der Waals surface area contributed by atoms with Crippen LogP contribution in [0.25, 0.3) is 16.7 Å². The molecule has 2 N–H and O–H groups in total. The van der Waals surface area contributed by atoms with Gasteiger partial charge >= 0.3 is 11.9 Å². The number of carboxylic acid groups (broad SMARTS) is 2. The van der Waals surface area contributed by atoms with Crippen LogP contribution in [0.3, 0.4) is 0 Å². The Balaban J connectivity index is 0.000000480. The number of anilines is 1. The number of para-hydroxylation sites is 1. The summed E-state index contributed by atoms with van der Waals surface area (Å²) in [4.78, 5) is 21.0. The highest BCUT2D eigenvalue weighted by atomic mass is 32.2. The van der Waals surface area contributed by atoms with Gasteiger partial charge in [0.1, 0.15) is 0 Å². The van der Waals surface area contributed by atoms with Crippen molar-refractivity contribution in [2.45, 2.75) is 17.7 Å². The molecule has 0 spiro atoms. The van der Waals surface area contributed by atoms with Crippen molar-refractivity contribution in [3.8, 4) is 11.1 Å². The van der Waals surface area contributed by atoms with Crippen molar-refractivity contribution in [1.82, 2.24) is 4.90 Å². The van der Waals surface area contributed by atoms with Crippen LogP contribution in [-0.4, -0.2) is 61.6 Å². The third-order valence-corrected chi connectivity index (χ3v) is 8.25. The molecule has 0 amide bonds. The summed E-state index contributed by atoms with van der Waals surface area (Å²) in [6.07, 6.45) is 4.13. The zero-order valence-corrected chi connectivity index (χ0v) is 21.0. The van der Waals surface area contributed by atoms with E-state index in [1.807, 2.05) is 42.5 Å². The van der Waals surface area contributed by atoms with Crippen molar-refractivity contribution >= 4 is 33.2 Å². The Morgan fingerprint density at radius 3 is 2.05 bits per heavy atom. The maximum atomic E-state index is 13.4. The predicted molar refractivity (Wildman–Crippen MR) is 142 cm³/mol. The third kappa shape index (κ3) is 5.90. The van der Waals surface area contributed by atoms with Crippen molar-refractivity contribution in [2.24, 2.45) is 0 Å². The Bertz CT molecular complexity index is 1410. The Labute approximate surface area is 216 Å². The van der Waals surface area contributed by atoms with Gasteiger partial charge in [-0.1, -0.05) is 72.8 Å². The van der Waals surface area contributed by atoms with E-state index in [9.17, 15) is 8.42 Å². The smallest absolute Gasteiger partial charge is 0.414 e. The molecule has 0 fully saturated rings. The normalized spacial score (nSPS) is 15.9. The molecule has 3 aromatic rings. The van der Waals surface area contributed by atoms with Crippen molar-refractivity contribution < 1.29 is 28.2 Å². The first kappa shape index (κ1) is 26.1. The second-order valence-corrected chi connectivity index (χ2v) is 10.5. The second-order valence-electron chi connectivity index (χ2n) is 8.70. The Morgan fingerprint density at radius 1 is 0.784 bits per heavy atom. The van der Waals surface area contributed by atoms with Gasteiger partial charge in [-0.2, -0.15) is 0 Å². The molecule has 0 saturated carbocycles. The molecule has 9 heteroatoms. The maximum Gasteiger partial charge on any atom is 0.414 e. The van der Waals surface area contributed by atoms with E-state index in [1.54, 1.807) is 16.4 Å². The predicted octanol–water partition coefficient (Wildman–Crippen LogP) is 4.20. The molecule has 8 nitrogen and oxygen atoms in total. The van der Waals surface area contributed by atoms with Gasteiger partial charge in [0.25, 0.3) is 10.0 Å². The number of rotatable bonds is 5. The van der Waals surface area contributed by atoms with Crippen LogP contribution in [0.2, 0.25) is 0 Å². The van der Waals surface area contributed by atoms with Gasteiger partial charge in [0, 0.05) is 37.3 Å². The highest BCUT2D eigenvalue weighted by Crippen LogP contribution is 2.42. The summed E-state index contributed by atoms with van der Waals surface area (Å²) in [6, 6.07) is 25.7. The maximum absolute atomic E-state index is 13.4. The Hall–Kier alpha value is -3.95. The summed E-state index contributed by atoms with van der Waals surface area (Å²) in [7, 11) is -3.54. The molecule has 2 aliphatic heterocycles. The van der Waals surface area contributed by atoms with Gasteiger partial charge in [0.05, 0.1) is 10.6 Å². The van der Waals surface area contributed by atoms with Gasteiger partial charge in [0.2, 0.25) is 0 Å². The summed E-state index contributed by atoms with van der Waals surface area (Å²) in [5.41, 5.74) is 5.27. The van der Waals surface area contributed by atoms with Gasteiger partial charge < -0.3 is 10.2 Å². The lowest BCUT2D eigenvalue weighted by Gasteiger charge is -2.33. The molecule has 3 aromatic carbocycles. The van der Waals surface area contributed by atoms with Crippen molar-refractivity contribution in [1.29, 1.82) is 0 Å². The standard InChI is InChI=1S/C26H26N2O2S.C2H2O4/c29-31(30)26-14-7-5-12-24(26)23-11-4-6-13-25(23)28(31)18-8-17-27-19-15-22(16-20-27)21-9-2-1-3-10-21;3-1(4)2(5)6/h1-7,9-15H,8,16-20H2;(H,3,4)(H,5,6). The molecule has 0 aromatic heterocycles. The quantitative estimate of drug-likeness (QED) is 0.485. The summed E-state index contributed by atoms with van der Waals surface area (Å²) in [5, 5.41) is 14.8. The molecule has 0 aliphatic carbocycles. The molecule has 0 radical (unpaired) electrons. The largest absolute Gasteiger partial charge is 0.473 e. The zero-order chi connectivity index (χ0) is 26.4. The number of sulfonamides is 1. The molecule has 2 heterocycles. The van der Waals surface area contributed by atoms with E-state index in [0.717, 1.165) is 49.3 Å². The average Bonchev–Trinajstić information content (AvgIpc) is 2.92. The van der Waals surface area contributed by atoms with E-state index >= 15 is 0 Å². The lowest BCUT2D eigenvalue weighted by molar-refractivity contribution is -0.159. The number of nitrogens with zero attached hydrogens (tertiary/aromatic N) is 2. The molecule has 192 valence electrons. The molecule has 2 aliphatic rings. The summed E-state index contributed by atoms with van der Waals surface area (Å²) >= 11 is 0.